The van der Waals surface area contributed by atoms with E-state index in [1.807, 2.05) is 0 Å². The number of hydrogen-bond donors (Lipinski definition) is 2. The number of nitrogens with two attached hydrogens (primary N) is 1. The van der Waals surface area contributed by atoms with Crippen LogP contribution in [0.4, 0.5) is 0 Å². The first-order valence-corrected chi connectivity index (χ1v) is 8.61. The normalized spacial score (nSPS) is 13.6. The zero-order valence-electron chi connectivity index (χ0n) is 11.3. The molecule has 0 spiro atoms. The minimum Gasteiger partial charge on any atom is -0.486 e. The van der Waals surface area contributed by atoms with E-state index < -0.39 is 10.0 Å². The van der Waals surface area contributed by atoms with Crippen molar-refractivity contribution in [3.8, 4) is 11.5 Å². The van der Waals surface area contributed by atoms with Crippen molar-refractivity contribution in [1.29, 1.82) is 0 Å². The van der Waals surface area contributed by atoms with Gasteiger partial charge in [-0.05, 0) is 41.4 Å². The van der Waals surface area contributed by atoms with Crippen LogP contribution in [0.3, 0.4) is 0 Å². The van der Waals surface area contributed by atoms with Crippen molar-refractivity contribution in [3.05, 3.63) is 16.6 Å². The summed E-state index contributed by atoms with van der Waals surface area (Å²) in [5.41, 5.74) is 5.37. The highest BCUT2D eigenvalue weighted by Gasteiger charge is 2.22. The van der Waals surface area contributed by atoms with E-state index in [1.165, 1.54) is 6.07 Å². The Labute approximate surface area is 139 Å². The fourth-order valence-corrected chi connectivity index (χ4v) is 3.91. The maximum absolute atomic E-state index is 12.2. The van der Waals surface area contributed by atoms with Gasteiger partial charge in [-0.25, -0.2) is 13.1 Å². The molecule has 0 amide bonds. The second kappa shape index (κ2) is 8.19. The van der Waals surface area contributed by atoms with Gasteiger partial charge in [0.15, 0.2) is 11.5 Å². The van der Waals surface area contributed by atoms with Crippen molar-refractivity contribution in [2.45, 2.75) is 17.7 Å². The first kappa shape index (κ1) is 18.5. The molecule has 0 saturated heterocycles. The first-order chi connectivity index (χ1) is 9.54. The lowest BCUT2D eigenvalue weighted by molar-refractivity contribution is 0.171. The summed E-state index contributed by atoms with van der Waals surface area (Å²) >= 11 is 3.26. The molecule has 3 N–H and O–H groups in total. The number of unbranched alkanes of at least 4 members (excludes halogenated alkanes) is 1. The van der Waals surface area contributed by atoms with Gasteiger partial charge < -0.3 is 15.2 Å². The molecule has 0 unspecified atom stereocenters. The molecule has 0 fully saturated rings. The quantitative estimate of drug-likeness (QED) is 0.708. The largest absolute Gasteiger partial charge is 0.486 e. The third-order valence-corrected chi connectivity index (χ3v) is 5.23. The maximum Gasteiger partial charge on any atom is 0.241 e. The second-order valence-corrected chi connectivity index (χ2v) is 6.91. The predicted octanol–water partition coefficient (Wildman–Crippen LogP) is 1.66. The van der Waals surface area contributed by atoms with Gasteiger partial charge in [-0.1, -0.05) is 0 Å². The van der Waals surface area contributed by atoms with Crippen molar-refractivity contribution in [1.82, 2.24) is 4.72 Å². The molecule has 1 aromatic rings. The standard InChI is InChI=1S/C12H17BrN2O4S.ClH/c13-9-7-10-11(19-6-5-18-10)8-12(9)20(16,17)15-4-2-1-3-14;/h7-8,15H,1-6,14H2;1H. The van der Waals surface area contributed by atoms with Crippen LogP contribution < -0.4 is 19.9 Å². The van der Waals surface area contributed by atoms with Crippen LogP contribution in [0.5, 0.6) is 11.5 Å². The summed E-state index contributed by atoms with van der Waals surface area (Å²) in [6.45, 7) is 1.79. The molecule has 1 aromatic carbocycles. The number of ether oxygens (including phenoxy) is 2. The average molecular weight is 402 g/mol. The molecule has 0 radical (unpaired) electrons. The van der Waals surface area contributed by atoms with Crippen molar-refractivity contribution in [2.75, 3.05) is 26.3 Å². The lowest BCUT2D eigenvalue weighted by atomic mass is 10.3. The van der Waals surface area contributed by atoms with Crippen LogP contribution in [-0.2, 0) is 10.0 Å². The highest BCUT2D eigenvalue weighted by atomic mass is 79.9. The first-order valence-electron chi connectivity index (χ1n) is 6.33. The number of benzene rings is 1. The monoisotopic (exact) mass is 400 g/mol. The molecule has 2 rings (SSSR count). The van der Waals surface area contributed by atoms with Crippen LogP contribution in [0.1, 0.15) is 12.8 Å². The third kappa shape index (κ3) is 4.72. The molecular formula is C12H18BrClN2O4S. The fourth-order valence-electron chi connectivity index (χ4n) is 1.80. The highest BCUT2D eigenvalue weighted by Crippen LogP contribution is 2.37. The smallest absolute Gasteiger partial charge is 0.241 e. The highest BCUT2D eigenvalue weighted by molar-refractivity contribution is 9.10. The molecular weight excluding hydrogens is 384 g/mol. The summed E-state index contributed by atoms with van der Waals surface area (Å²) in [5, 5.41) is 0. The van der Waals surface area contributed by atoms with Crippen LogP contribution >= 0.6 is 28.3 Å². The Balaban J connectivity index is 0.00000220. The van der Waals surface area contributed by atoms with E-state index >= 15 is 0 Å². The minimum absolute atomic E-state index is 0. The maximum atomic E-state index is 12.2. The van der Waals surface area contributed by atoms with Gasteiger partial charge in [0, 0.05) is 17.1 Å². The predicted molar refractivity (Wildman–Crippen MR) is 85.9 cm³/mol. The summed E-state index contributed by atoms with van der Waals surface area (Å²) in [7, 11) is -3.58. The molecule has 0 aliphatic carbocycles. The van der Waals surface area contributed by atoms with Gasteiger partial charge in [0.25, 0.3) is 0 Å². The Morgan fingerprint density at radius 1 is 1.19 bits per heavy atom. The van der Waals surface area contributed by atoms with Gasteiger partial charge in [0.05, 0.1) is 0 Å². The molecule has 0 bridgehead atoms. The number of sulfonamides is 1. The van der Waals surface area contributed by atoms with Crippen molar-refractivity contribution in [2.24, 2.45) is 5.73 Å². The number of nitrogens with one attached hydrogen (secondary N) is 1. The Bertz CT molecular complexity index is 583. The van der Waals surface area contributed by atoms with E-state index in [0.717, 1.165) is 6.42 Å². The minimum atomic E-state index is -3.58. The molecule has 21 heavy (non-hydrogen) atoms. The lowest BCUT2D eigenvalue weighted by Gasteiger charge is -2.20. The molecule has 1 aliphatic rings. The van der Waals surface area contributed by atoms with Gasteiger partial charge in [-0.15, -0.1) is 12.4 Å². The van der Waals surface area contributed by atoms with E-state index in [-0.39, 0.29) is 17.3 Å². The van der Waals surface area contributed by atoms with E-state index in [1.54, 1.807) is 6.07 Å². The van der Waals surface area contributed by atoms with E-state index in [4.69, 9.17) is 15.2 Å². The van der Waals surface area contributed by atoms with Crippen LogP contribution in [0.15, 0.2) is 21.5 Å². The number of halogens is 2. The van der Waals surface area contributed by atoms with Gasteiger partial charge >= 0.3 is 0 Å². The van der Waals surface area contributed by atoms with Crippen molar-refractivity contribution in [3.63, 3.8) is 0 Å². The summed E-state index contributed by atoms with van der Waals surface area (Å²) in [5.74, 6) is 0.993. The van der Waals surface area contributed by atoms with Gasteiger partial charge in [-0.3, -0.25) is 0 Å². The average Bonchev–Trinajstić information content (AvgIpc) is 2.43. The van der Waals surface area contributed by atoms with Gasteiger partial charge in [0.1, 0.15) is 18.1 Å². The number of fused-ring (bicyclic) bond motifs is 1. The molecule has 9 heteroatoms. The van der Waals surface area contributed by atoms with E-state index in [2.05, 4.69) is 20.7 Å². The Morgan fingerprint density at radius 3 is 2.43 bits per heavy atom. The second-order valence-electron chi connectivity index (χ2n) is 4.32. The van der Waals surface area contributed by atoms with Crippen LogP contribution in [0, 0.1) is 0 Å². The molecule has 1 heterocycles. The summed E-state index contributed by atoms with van der Waals surface area (Å²) in [4.78, 5) is 0.148. The summed E-state index contributed by atoms with van der Waals surface area (Å²) in [6.07, 6.45) is 1.49. The SMILES string of the molecule is Cl.NCCCCNS(=O)(=O)c1cc2c(cc1Br)OCCO2. The number of rotatable bonds is 6. The van der Waals surface area contributed by atoms with Crippen molar-refractivity contribution < 1.29 is 17.9 Å². The zero-order valence-corrected chi connectivity index (χ0v) is 14.5. The van der Waals surface area contributed by atoms with Crippen LogP contribution in [0.25, 0.3) is 0 Å². The molecule has 1 aliphatic heterocycles. The Hall–Kier alpha value is -0.540. The number of hydrogen-bond acceptors (Lipinski definition) is 5. The topological polar surface area (TPSA) is 90.7 Å². The van der Waals surface area contributed by atoms with Crippen LogP contribution in [0.2, 0.25) is 0 Å². The Morgan fingerprint density at radius 2 is 1.81 bits per heavy atom. The Kier molecular flexibility index (Phi) is 7.22. The van der Waals surface area contributed by atoms with E-state index in [0.29, 0.717) is 48.7 Å². The summed E-state index contributed by atoms with van der Waals surface area (Å²) in [6, 6.07) is 3.09. The molecule has 0 aromatic heterocycles. The van der Waals surface area contributed by atoms with Crippen molar-refractivity contribution >= 4 is 38.4 Å². The zero-order chi connectivity index (χ0) is 14.6. The molecule has 0 atom stereocenters. The van der Waals surface area contributed by atoms with Crippen LogP contribution in [-0.4, -0.2) is 34.7 Å². The third-order valence-electron chi connectivity index (χ3n) is 2.81. The fraction of sp³-hybridized carbons (Fsp3) is 0.500. The molecule has 6 nitrogen and oxygen atoms in total. The molecule has 120 valence electrons. The van der Waals surface area contributed by atoms with Gasteiger partial charge in [0.2, 0.25) is 10.0 Å². The summed E-state index contributed by atoms with van der Waals surface area (Å²) < 4.78 is 38.3. The lowest BCUT2D eigenvalue weighted by Crippen LogP contribution is -2.26. The van der Waals surface area contributed by atoms with Gasteiger partial charge in [-0.2, -0.15) is 0 Å². The van der Waals surface area contributed by atoms with E-state index in [9.17, 15) is 8.42 Å². The molecule has 0 saturated carbocycles.